The van der Waals surface area contributed by atoms with Crippen LogP contribution in [0.5, 0.6) is 0 Å². The van der Waals surface area contributed by atoms with Crippen LogP contribution >= 0.6 is 11.6 Å². The molecule has 180 valence electrons. The van der Waals surface area contributed by atoms with Crippen molar-refractivity contribution >= 4 is 40.2 Å². The Morgan fingerprint density at radius 3 is 2.44 bits per heavy atom. The minimum Gasteiger partial charge on any atom is -0.370 e. The number of nitrogens with two attached hydrogens (primary N) is 1. The number of hydrogen-bond donors (Lipinski definition) is 3. The van der Waals surface area contributed by atoms with Gasteiger partial charge in [0.05, 0.1) is 12.1 Å². The Bertz CT molecular complexity index is 1220. The number of hydrogen-bond acceptors (Lipinski definition) is 4. The number of benzene rings is 2. The van der Waals surface area contributed by atoms with Gasteiger partial charge in [-0.05, 0) is 41.3 Å². The molecule has 10 heteroatoms. The maximum atomic E-state index is 13.3. The topological polar surface area (TPSA) is 119 Å². The van der Waals surface area contributed by atoms with Gasteiger partial charge in [-0.15, -0.1) is 0 Å². The molecule has 3 rings (SSSR count). The van der Waals surface area contributed by atoms with Gasteiger partial charge < -0.3 is 16.4 Å². The summed E-state index contributed by atoms with van der Waals surface area (Å²) in [5, 5.41) is 10.8. The first-order valence-electron chi connectivity index (χ1n) is 10.7. The molecule has 0 saturated carbocycles. The summed E-state index contributed by atoms with van der Waals surface area (Å²) in [7, 11) is 0. The van der Waals surface area contributed by atoms with E-state index in [1.54, 1.807) is 35.0 Å². The summed E-state index contributed by atoms with van der Waals surface area (Å²) in [6.07, 6.45) is -0.00647. The maximum Gasteiger partial charge on any atom is 0.273 e. The lowest BCUT2D eigenvalue weighted by Crippen LogP contribution is -2.54. The van der Waals surface area contributed by atoms with E-state index >= 15 is 0 Å². The summed E-state index contributed by atoms with van der Waals surface area (Å²) in [6.45, 7) is 5.82. The van der Waals surface area contributed by atoms with Crippen LogP contribution in [0.15, 0.2) is 42.5 Å². The molecule has 3 aromatic rings. The van der Waals surface area contributed by atoms with Crippen molar-refractivity contribution in [2.24, 2.45) is 11.1 Å². The van der Waals surface area contributed by atoms with E-state index in [2.05, 4.69) is 15.7 Å². The fourth-order valence-corrected chi connectivity index (χ4v) is 3.66. The molecule has 4 N–H and O–H groups in total. The van der Waals surface area contributed by atoms with Gasteiger partial charge in [-0.25, -0.2) is 4.39 Å². The molecule has 0 spiro atoms. The van der Waals surface area contributed by atoms with Gasteiger partial charge in [-0.2, -0.15) is 5.10 Å². The van der Waals surface area contributed by atoms with Crippen molar-refractivity contribution in [3.63, 3.8) is 0 Å². The van der Waals surface area contributed by atoms with Crippen molar-refractivity contribution in [1.82, 2.24) is 20.4 Å². The number of nitrogens with one attached hydrogen (secondary N) is 2. The highest BCUT2D eigenvalue weighted by Crippen LogP contribution is 2.25. The predicted molar refractivity (Wildman–Crippen MR) is 128 cm³/mol. The number of primary amides is 1. The van der Waals surface area contributed by atoms with Gasteiger partial charge in [0.15, 0.2) is 5.69 Å². The standard InChI is InChI=1S/C24H27ClFN5O3/c1-24(2,3)21(23(34)28-11-10-19(27)32)29-22(33)20-17-12-15(25)6-9-18(17)31(30-20)13-14-4-7-16(26)8-5-14/h4-9,12,21H,10-11,13H2,1-3H3,(H2,27,32)(H,28,34)(H,29,33). The summed E-state index contributed by atoms with van der Waals surface area (Å²) >= 11 is 6.18. The Labute approximate surface area is 201 Å². The third-order valence-electron chi connectivity index (χ3n) is 5.25. The van der Waals surface area contributed by atoms with Gasteiger partial charge >= 0.3 is 0 Å². The third-order valence-corrected chi connectivity index (χ3v) is 5.48. The molecule has 0 aliphatic heterocycles. The van der Waals surface area contributed by atoms with Crippen molar-refractivity contribution in [3.8, 4) is 0 Å². The number of fused-ring (bicyclic) bond motifs is 1. The molecular formula is C24H27ClFN5O3. The minimum absolute atomic E-state index is 0.00647. The fraction of sp³-hybridized carbons (Fsp3) is 0.333. The Morgan fingerprint density at radius 1 is 1.15 bits per heavy atom. The molecule has 0 radical (unpaired) electrons. The summed E-state index contributed by atoms with van der Waals surface area (Å²) in [5.41, 5.74) is 6.07. The number of nitrogens with zero attached hydrogens (tertiary/aromatic N) is 2. The molecule has 1 heterocycles. The fourth-order valence-electron chi connectivity index (χ4n) is 3.49. The highest BCUT2D eigenvalue weighted by molar-refractivity contribution is 6.31. The van der Waals surface area contributed by atoms with Crippen LogP contribution in [0, 0.1) is 11.2 Å². The SMILES string of the molecule is CC(C)(C)C(NC(=O)c1nn(Cc2ccc(F)cc2)c2ccc(Cl)cc12)C(=O)NCCC(N)=O. The van der Waals surface area contributed by atoms with Gasteiger partial charge in [0, 0.05) is 23.4 Å². The van der Waals surface area contributed by atoms with Crippen LogP contribution in [0.4, 0.5) is 4.39 Å². The second-order valence-electron chi connectivity index (χ2n) is 9.07. The van der Waals surface area contributed by atoms with Gasteiger partial charge in [-0.1, -0.05) is 44.5 Å². The summed E-state index contributed by atoms with van der Waals surface area (Å²) < 4.78 is 14.9. The first kappa shape index (κ1) is 25.2. The average Bonchev–Trinajstić information content (AvgIpc) is 3.09. The largest absolute Gasteiger partial charge is 0.370 e. The second kappa shape index (κ2) is 10.2. The molecule has 34 heavy (non-hydrogen) atoms. The highest BCUT2D eigenvalue weighted by Gasteiger charge is 2.34. The number of carbonyl (C=O) groups excluding carboxylic acids is 3. The zero-order valence-electron chi connectivity index (χ0n) is 19.2. The lowest BCUT2D eigenvalue weighted by atomic mass is 9.86. The molecule has 1 atom stereocenters. The third kappa shape index (κ3) is 6.11. The van der Waals surface area contributed by atoms with Crippen LogP contribution < -0.4 is 16.4 Å². The molecule has 1 unspecified atom stereocenters. The molecule has 8 nitrogen and oxygen atoms in total. The van der Waals surface area contributed by atoms with Gasteiger partial charge in [0.1, 0.15) is 11.9 Å². The molecule has 1 aromatic heterocycles. The lowest BCUT2D eigenvalue weighted by Gasteiger charge is -2.30. The normalized spacial score (nSPS) is 12.4. The van der Waals surface area contributed by atoms with Gasteiger partial charge in [0.2, 0.25) is 11.8 Å². The van der Waals surface area contributed by atoms with Crippen LogP contribution in [0.1, 0.15) is 43.2 Å². The van der Waals surface area contributed by atoms with E-state index in [0.29, 0.717) is 22.5 Å². The van der Waals surface area contributed by atoms with Crippen molar-refractivity contribution in [3.05, 3.63) is 64.6 Å². The van der Waals surface area contributed by atoms with E-state index in [1.807, 2.05) is 20.8 Å². The summed E-state index contributed by atoms with van der Waals surface area (Å²) in [6, 6.07) is 10.2. The van der Waals surface area contributed by atoms with Crippen LogP contribution in [0.2, 0.25) is 5.02 Å². The number of halogens is 2. The van der Waals surface area contributed by atoms with Crippen LogP contribution in [-0.4, -0.2) is 40.1 Å². The zero-order valence-corrected chi connectivity index (χ0v) is 19.9. The van der Waals surface area contributed by atoms with E-state index in [0.717, 1.165) is 5.56 Å². The molecular weight excluding hydrogens is 461 g/mol. The number of carbonyl (C=O) groups is 3. The summed E-state index contributed by atoms with van der Waals surface area (Å²) in [4.78, 5) is 37.0. The maximum absolute atomic E-state index is 13.3. The van der Waals surface area contributed by atoms with Gasteiger partial charge in [-0.3, -0.25) is 19.1 Å². The van der Waals surface area contributed by atoms with Crippen LogP contribution in [0.3, 0.4) is 0 Å². The van der Waals surface area contributed by atoms with Crippen molar-refractivity contribution in [1.29, 1.82) is 0 Å². The van der Waals surface area contributed by atoms with E-state index in [1.165, 1.54) is 12.1 Å². The molecule has 0 aliphatic rings. The molecule has 0 fully saturated rings. The number of aromatic nitrogens is 2. The Morgan fingerprint density at radius 2 is 1.82 bits per heavy atom. The molecule has 2 aromatic carbocycles. The smallest absolute Gasteiger partial charge is 0.273 e. The zero-order chi connectivity index (χ0) is 25.0. The number of amides is 3. The number of rotatable bonds is 8. The minimum atomic E-state index is -0.899. The lowest BCUT2D eigenvalue weighted by molar-refractivity contribution is -0.125. The highest BCUT2D eigenvalue weighted by atomic mass is 35.5. The Balaban J connectivity index is 1.90. The van der Waals surface area contributed by atoms with Crippen LogP contribution in [-0.2, 0) is 16.1 Å². The predicted octanol–water partition coefficient (Wildman–Crippen LogP) is 3.01. The van der Waals surface area contributed by atoms with E-state index in [9.17, 15) is 18.8 Å². The molecule has 0 bridgehead atoms. The average molecular weight is 488 g/mol. The molecule has 0 aliphatic carbocycles. The first-order valence-corrected chi connectivity index (χ1v) is 11.1. The Hall–Kier alpha value is -3.46. The van der Waals surface area contributed by atoms with Crippen molar-refractivity contribution < 1.29 is 18.8 Å². The quantitative estimate of drug-likeness (QED) is 0.452. The van der Waals surface area contributed by atoms with E-state index in [-0.39, 0.29) is 24.5 Å². The van der Waals surface area contributed by atoms with Crippen molar-refractivity contribution in [2.75, 3.05) is 6.54 Å². The van der Waals surface area contributed by atoms with E-state index in [4.69, 9.17) is 17.3 Å². The van der Waals surface area contributed by atoms with Crippen LogP contribution in [0.25, 0.3) is 10.9 Å². The van der Waals surface area contributed by atoms with Crippen molar-refractivity contribution in [2.45, 2.75) is 39.8 Å². The van der Waals surface area contributed by atoms with E-state index < -0.39 is 29.2 Å². The first-order chi connectivity index (χ1) is 16.0. The monoisotopic (exact) mass is 487 g/mol. The molecule has 0 saturated heterocycles. The van der Waals surface area contributed by atoms with Gasteiger partial charge in [0.25, 0.3) is 5.91 Å². The summed E-state index contributed by atoms with van der Waals surface area (Å²) in [5.74, 6) is -1.86. The second-order valence-corrected chi connectivity index (χ2v) is 9.51. The molecule has 3 amide bonds. The Kier molecular flexibility index (Phi) is 7.56.